The number of amides is 2. The number of hydrogen-bond acceptors (Lipinski definition) is 2. The van der Waals surface area contributed by atoms with Crippen LogP contribution in [-0.2, 0) is 0 Å². The van der Waals surface area contributed by atoms with E-state index in [1.807, 2.05) is 36.4 Å². The SMILES string of the molecule is O=C(Nc1cccc(NC(=O)c2cccc3ccccc23)c1)c1ccc(F)cc1. The maximum Gasteiger partial charge on any atom is 0.256 e. The van der Waals surface area contributed by atoms with E-state index < -0.39 is 5.82 Å². The highest BCUT2D eigenvalue weighted by Gasteiger charge is 2.11. The summed E-state index contributed by atoms with van der Waals surface area (Å²) < 4.78 is 13.0. The molecule has 0 atom stereocenters. The number of anilines is 2. The van der Waals surface area contributed by atoms with Crippen LogP contribution in [0.3, 0.4) is 0 Å². The second-order valence-electron chi connectivity index (χ2n) is 6.52. The topological polar surface area (TPSA) is 58.2 Å². The minimum atomic E-state index is -0.403. The summed E-state index contributed by atoms with van der Waals surface area (Å²) in [6, 6.07) is 25.4. The first-order valence-corrected chi connectivity index (χ1v) is 9.06. The van der Waals surface area contributed by atoms with Crippen LogP contribution in [0.4, 0.5) is 15.8 Å². The van der Waals surface area contributed by atoms with Gasteiger partial charge in [0.1, 0.15) is 5.82 Å². The van der Waals surface area contributed by atoms with Crippen molar-refractivity contribution in [3.63, 3.8) is 0 Å². The Kier molecular flexibility index (Phi) is 5.03. The smallest absolute Gasteiger partial charge is 0.256 e. The zero-order chi connectivity index (χ0) is 20.2. The molecular formula is C24H17FN2O2. The van der Waals surface area contributed by atoms with Crippen molar-refractivity contribution in [2.24, 2.45) is 0 Å². The minimum Gasteiger partial charge on any atom is -0.322 e. The Morgan fingerprint density at radius 1 is 0.655 bits per heavy atom. The maximum atomic E-state index is 13.0. The molecule has 0 unspecified atom stereocenters. The van der Waals surface area contributed by atoms with E-state index in [-0.39, 0.29) is 11.8 Å². The van der Waals surface area contributed by atoms with Crippen molar-refractivity contribution in [1.82, 2.24) is 0 Å². The van der Waals surface area contributed by atoms with Crippen molar-refractivity contribution in [3.05, 3.63) is 108 Å². The highest BCUT2D eigenvalue weighted by molar-refractivity contribution is 6.13. The number of carbonyl (C=O) groups excluding carboxylic acids is 2. The number of hydrogen-bond donors (Lipinski definition) is 2. The van der Waals surface area contributed by atoms with E-state index in [0.717, 1.165) is 10.8 Å². The van der Waals surface area contributed by atoms with Crippen LogP contribution in [0.15, 0.2) is 91.0 Å². The summed E-state index contributed by atoms with van der Waals surface area (Å²) in [5, 5.41) is 7.47. The molecule has 0 fully saturated rings. The van der Waals surface area contributed by atoms with E-state index in [1.165, 1.54) is 24.3 Å². The summed E-state index contributed by atoms with van der Waals surface area (Å²) in [5.41, 5.74) is 2.00. The van der Waals surface area contributed by atoms with Gasteiger partial charge in [-0.2, -0.15) is 0 Å². The number of rotatable bonds is 4. The molecule has 2 amide bonds. The molecule has 4 nitrogen and oxygen atoms in total. The summed E-state index contributed by atoms with van der Waals surface area (Å²) in [6.45, 7) is 0. The molecule has 0 heterocycles. The van der Waals surface area contributed by atoms with Crippen LogP contribution in [0.2, 0.25) is 0 Å². The van der Waals surface area contributed by atoms with Crippen LogP contribution in [0.25, 0.3) is 10.8 Å². The van der Waals surface area contributed by atoms with Crippen molar-refractivity contribution in [2.45, 2.75) is 0 Å². The van der Waals surface area contributed by atoms with Gasteiger partial charge in [-0.15, -0.1) is 0 Å². The maximum absolute atomic E-state index is 13.0. The summed E-state index contributed by atoms with van der Waals surface area (Å²) in [7, 11) is 0. The van der Waals surface area contributed by atoms with E-state index >= 15 is 0 Å². The number of carbonyl (C=O) groups is 2. The van der Waals surface area contributed by atoms with Gasteiger partial charge in [-0.3, -0.25) is 9.59 Å². The number of fused-ring (bicyclic) bond motifs is 1. The molecule has 5 heteroatoms. The van der Waals surface area contributed by atoms with Gasteiger partial charge < -0.3 is 10.6 Å². The third-order valence-electron chi connectivity index (χ3n) is 4.52. The van der Waals surface area contributed by atoms with Crippen molar-refractivity contribution in [3.8, 4) is 0 Å². The van der Waals surface area contributed by atoms with E-state index in [9.17, 15) is 14.0 Å². The lowest BCUT2D eigenvalue weighted by Crippen LogP contribution is -2.14. The van der Waals surface area contributed by atoms with Crippen LogP contribution < -0.4 is 10.6 Å². The van der Waals surface area contributed by atoms with Gasteiger partial charge in [-0.25, -0.2) is 4.39 Å². The fourth-order valence-electron chi connectivity index (χ4n) is 3.10. The number of benzene rings is 4. The molecule has 2 N–H and O–H groups in total. The monoisotopic (exact) mass is 384 g/mol. The van der Waals surface area contributed by atoms with E-state index in [2.05, 4.69) is 10.6 Å². The largest absolute Gasteiger partial charge is 0.322 e. The highest BCUT2D eigenvalue weighted by atomic mass is 19.1. The lowest BCUT2D eigenvalue weighted by atomic mass is 10.0. The molecular weight excluding hydrogens is 367 g/mol. The Hall–Kier alpha value is -3.99. The average Bonchev–Trinajstić information content (AvgIpc) is 2.74. The van der Waals surface area contributed by atoms with Gasteiger partial charge in [-0.1, -0.05) is 42.5 Å². The summed E-state index contributed by atoms with van der Waals surface area (Å²) in [4.78, 5) is 25.1. The molecule has 0 bridgehead atoms. The molecule has 142 valence electrons. The third kappa shape index (κ3) is 4.14. The van der Waals surface area contributed by atoms with E-state index in [4.69, 9.17) is 0 Å². The highest BCUT2D eigenvalue weighted by Crippen LogP contribution is 2.21. The van der Waals surface area contributed by atoms with Crippen LogP contribution in [0, 0.1) is 5.82 Å². The number of nitrogens with one attached hydrogen (secondary N) is 2. The van der Waals surface area contributed by atoms with Gasteiger partial charge in [0.2, 0.25) is 0 Å². The molecule has 0 aromatic heterocycles. The average molecular weight is 384 g/mol. The first-order chi connectivity index (χ1) is 14.1. The molecule has 0 aliphatic carbocycles. The molecule has 0 aliphatic heterocycles. The molecule has 29 heavy (non-hydrogen) atoms. The van der Waals surface area contributed by atoms with Gasteiger partial charge >= 0.3 is 0 Å². The molecule has 4 aromatic rings. The summed E-state index contributed by atoms with van der Waals surface area (Å²) in [5.74, 6) is -0.994. The van der Waals surface area contributed by atoms with Gasteiger partial charge in [-0.05, 0) is 59.3 Å². The van der Waals surface area contributed by atoms with E-state index in [1.54, 1.807) is 30.3 Å². The van der Waals surface area contributed by atoms with E-state index in [0.29, 0.717) is 22.5 Å². The van der Waals surface area contributed by atoms with Crippen LogP contribution in [0.5, 0.6) is 0 Å². The Balaban J connectivity index is 1.52. The van der Waals surface area contributed by atoms with Crippen molar-refractivity contribution >= 4 is 34.0 Å². The molecule has 0 saturated carbocycles. The molecule has 0 radical (unpaired) electrons. The minimum absolute atomic E-state index is 0.233. The van der Waals surface area contributed by atoms with Crippen LogP contribution in [0.1, 0.15) is 20.7 Å². The van der Waals surface area contributed by atoms with Gasteiger partial charge in [0.05, 0.1) is 0 Å². The fourth-order valence-corrected chi connectivity index (χ4v) is 3.10. The van der Waals surface area contributed by atoms with Crippen LogP contribution >= 0.6 is 0 Å². The predicted molar refractivity (Wildman–Crippen MR) is 113 cm³/mol. The Bertz CT molecular complexity index is 1200. The predicted octanol–water partition coefficient (Wildman–Crippen LogP) is 5.48. The fraction of sp³-hybridized carbons (Fsp3) is 0. The normalized spacial score (nSPS) is 10.5. The Labute approximate surface area is 167 Å². The third-order valence-corrected chi connectivity index (χ3v) is 4.52. The zero-order valence-electron chi connectivity index (χ0n) is 15.4. The lowest BCUT2D eigenvalue weighted by molar-refractivity contribution is 0.102. The second-order valence-corrected chi connectivity index (χ2v) is 6.52. The molecule has 0 saturated heterocycles. The quantitative estimate of drug-likeness (QED) is 0.489. The van der Waals surface area contributed by atoms with Gasteiger partial charge in [0.15, 0.2) is 0 Å². The first-order valence-electron chi connectivity index (χ1n) is 9.06. The Morgan fingerprint density at radius 3 is 2.03 bits per heavy atom. The zero-order valence-corrected chi connectivity index (χ0v) is 15.4. The van der Waals surface area contributed by atoms with Gasteiger partial charge in [0, 0.05) is 22.5 Å². The number of halogens is 1. The standard InChI is InChI=1S/C24H17FN2O2/c25-18-13-11-17(12-14-18)23(28)26-19-7-4-8-20(15-19)27-24(29)22-10-3-6-16-5-1-2-9-21(16)22/h1-15H,(H,26,28)(H,27,29). The van der Waals surface area contributed by atoms with Crippen molar-refractivity contribution in [2.75, 3.05) is 10.6 Å². The van der Waals surface area contributed by atoms with Crippen LogP contribution in [-0.4, -0.2) is 11.8 Å². The first kappa shape index (κ1) is 18.4. The lowest BCUT2D eigenvalue weighted by Gasteiger charge is -2.10. The summed E-state index contributed by atoms with van der Waals surface area (Å²) in [6.07, 6.45) is 0. The molecule has 4 rings (SSSR count). The Morgan fingerprint density at radius 2 is 1.28 bits per heavy atom. The van der Waals surface area contributed by atoms with Crippen molar-refractivity contribution in [1.29, 1.82) is 0 Å². The molecule has 0 aliphatic rings. The second kappa shape index (κ2) is 7.94. The van der Waals surface area contributed by atoms with Gasteiger partial charge in [0.25, 0.3) is 11.8 Å². The molecule has 4 aromatic carbocycles. The summed E-state index contributed by atoms with van der Waals surface area (Å²) >= 11 is 0. The molecule has 0 spiro atoms. The van der Waals surface area contributed by atoms with Crippen molar-refractivity contribution < 1.29 is 14.0 Å².